The topological polar surface area (TPSA) is 109 Å². The van der Waals surface area contributed by atoms with Gasteiger partial charge in [-0.25, -0.2) is 4.98 Å². The molecule has 0 saturated heterocycles. The molecule has 0 radical (unpaired) electrons. The molecule has 0 bridgehead atoms. The van der Waals surface area contributed by atoms with Crippen molar-refractivity contribution in [2.75, 3.05) is 5.32 Å². The molecule has 1 aliphatic heterocycles. The maximum Gasteiger partial charge on any atom is 0.275 e. The Morgan fingerprint density at radius 1 is 1.22 bits per heavy atom. The van der Waals surface area contributed by atoms with Crippen LogP contribution in [0.2, 0.25) is 0 Å². The van der Waals surface area contributed by atoms with Gasteiger partial charge in [0.1, 0.15) is 12.2 Å². The number of pyridine rings is 2. The highest BCUT2D eigenvalue weighted by Crippen LogP contribution is 2.24. The number of carbonyl (C=O) groups is 2. The number of nitrogens with one attached hydrogen (secondary N) is 3. The Morgan fingerprint density at radius 2 is 2.00 bits per heavy atom. The van der Waals surface area contributed by atoms with Crippen molar-refractivity contribution in [1.82, 2.24) is 19.9 Å². The lowest BCUT2D eigenvalue weighted by molar-refractivity contribution is -0.122. The summed E-state index contributed by atoms with van der Waals surface area (Å²) in [5.74, 6) is 0.596. The molecule has 3 aromatic heterocycles. The van der Waals surface area contributed by atoms with E-state index in [9.17, 15) is 14.4 Å². The number of rotatable bonds is 4. The average Bonchev–Trinajstić information content (AvgIpc) is 3.23. The minimum Gasteiger partial charge on any atom is -0.360 e. The maximum atomic E-state index is 12.7. The van der Waals surface area contributed by atoms with Gasteiger partial charge in [0.15, 0.2) is 0 Å². The summed E-state index contributed by atoms with van der Waals surface area (Å²) in [6, 6.07) is 7.46. The largest absolute Gasteiger partial charge is 0.360 e. The van der Waals surface area contributed by atoms with Crippen LogP contribution in [0.4, 0.5) is 5.69 Å². The van der Waals surface area contributed by atoms with Crippen molar-refractivity contribution in [3.63, 3.8) is 0 Å². The third-order valence-corrected chi connectivity index (χ3v) is 6.10. The first-order valence-electron chi connectivity index (χ1n) is 11.1. The van der Waals surface area contributed by atoms with Crippen LogP contribution in [-0.4, -0.2) is 26.3 Å². The zero-order valence-electron chi connectivity index (χ0n) is 18.5. The molecule has 168 valence electrons. The Hall–Kier alpha value is -3.42. The summed E-state index contributed by atoms with van der Waals surface area (Å²) in [4.78, 5) is 44.1. The Morgan fingerprint density at radius 3 is 2.72 bits per heavy atom. The standard InChI is InChI=1S/C19H19N5O3.C5H10/c1-11-8-12-2-5-16(25)23-18(12)19(27)24(11)10-17(26)21-9-13-3-4-14-15(22-13)6-7-20-14;1-5-3-2-4-5/h3-4,6-8,20H,2,5,9-10H2,1H3,(H,21,26)(H,23,25);5H,2-4H2,1H3. The third-order valence-electron chi connectivity index (χ3n) is 6.10. The van der Waals surface area contributed by atoms with Gasteiger partial charge in [-0.2, -0.15) is 0 Å². The molecule has 3 aromatic rings. The van der Waals surface area contributed by atoms with Crippen molar-refractivity contribution in [2.45, 2.75) is 59.0 Å². The van der Waals surface area contributed by atoms with Crippen molar-refractivity contribution in [3.05, 3.63) is 57.8 Å². The molecule has 4 heterocycles. The van der Waals surface area contributed by atoms with Gasteiger partial charge in [-0.1, -0.05) is 26.2 Å². The second-order valence-electron chi connectivity index (χ2n) is 8.65. The van der Waals surface area contributed by atoms with Crippen molar-refractivity contribution in [1.29, 1.82) is 0 Å². The van der Waals surface area contributed by atoms with E-state index in [4.69, 9.17) is 0 Å². The Labute approximate surface area is 186 Å². The smallest absolute Gasteiger partial charge is 0.275 e. The van der Waals surface area contributed by atoms with Gasteiger partial charge in [-0.3, -0.25) is 14.4 Å². The number of hydrogen-bond acceptors (Lipinski definition) is 4. The molecule has 1 fully saturated rings. The first-order chi connectivity index (χ1) is 15.4. The van der Waals surface area contributed by atoms with Crippen LogP contribution in [0.25, 0.3) is 11.0 Å². The number of nitrogens with zero attached hydrogens (tertiary/aromatic N) is 2. The van der Waals surface area contributed by atoms with Gasteiger partial charge < -0.3 is 20.2 Å². The molecule has 5 rings (SSSR count). The molecule has 8 nitrogen and oxygen atoms in total. The first kappa shape index (κ1) is 21.8. The lowest BCUT2D eigenvalue weighted by atomic mass is 9.88. The van der Waals surface area contributed by atoms with Gasteiger partial charge in [0, 0.05) is 18.3 Å². The van der Waals surface area contributed by atoms with Gasteiger partial charge in [0.05, 0.1) is 23.3 Å². The molecule has 0 spiro atoms. The van der Waals surface area contributed by atoms with E-state index in [1.165, 1.54) is 23.8 Å². The fraction of sp³-hybridized carbons (Fsp3) is 0.417. The molecule has 2 amide bonds. The number of aromatic nitrogens is 3. The van der Waals surface area contributed by atoms with Crippen molar-refractivity contribution in [3.8, 4) is 0 Å². The first-order valence-corrected chi connectivity index (χ1v) is 11.1. The van der Waals surface area contributed by atoms with E-state index in [0.717, 1.165) is 28.2 Å². The summed E-state index contributed by atoms with van der Waals surface area (Å²) in [6.45, 7) is 4.26. The van der Waals surface area contributed by atoms with Crippen molar-refractivity contribution < 1.29 is 9.59 Å². The van der Waals surface area contributed by atoms with Crippen LogP contribution >= 0.6 is 0 Å². The molecular formula is C24H29N5O3. The van der Waals surface area contributed by atoms with Gasteiger partial charge in [-0.15, -0.1) is 0 Å². The number of amides is 2. The van der Waals surface area contributed by atoms with Gasteiger partial charge >= 0.3 is 0 Å². The highest BCUT2D eigenvalue weighted by molar-refractivity contribution is 5.93. The second kappa shape index (κ2) is 9.38. The monoisotopic (exact) mass is 435 g/mol. The van der Waals surface area contributed by atoms with Crippen molar-refractivity contribution >= 4 is 28.5 Å². The van der Waals surface area contributed by atoms with E-state index in [1.54, 1.807) is 6.92 Å². The number of anilines is 1. The van der Waals surface area contributed by atoms with Gasteiger partial charge in [0.25, 0.3) is 5.56 Å². The SMILES string of the molecule is CC1CCC1.Cc1cc2c(c(=O)n1CC(=O)NCc1ccc3[nH]ccc3n1)NC(=O)CC2. The Bertz CT molecular complexity index is 1210. The fourth-order valence-electron chi connectivity index (χ4n) is 3.89. The zero-order chi connectivity index (χ0) is 22.7. The number of carbonyl (C=O) groups excluding carboxylic acids is 2. The number of H-pyrrole nitrogens is 1. The normalized spacial score (nSPS) is 15.2. The summed E-state index contributed by atoms with van der Waals surface area (Å²) < 4.78 is 1.38. The predicted molar refractivity (Wildman–Crippen MR) is 123 cm³/mol. The molecule has 8 heteroatoms. The molecule has 1 aliphatic carbocycles. The molecule has 3 N–H and O–H groups in total. The molecule has 1 saturated carbocycles. The zero-order valence-corrected chi connectivity index (χ0v) is 18.5. The number of aryl methyl sites for hydroxylation is 2. The lowest BCUT2D eigenvalue weighted by Crippen LogP contribution is -2.36. The molecule has 2 aliphatic rings. The van der Waals surface area contributed by atoms with E-state index in [0.29, 0.717) is 18.5 Å². The minimum atomic E-state index is -0.347. The van der Waals surface area contributed by atoms with E-state index in [-0.39, 0.29) is 36.2 Å². The lowest BCUT2D eigenvalue weighted by Gasteiger charge is -2.19. The van der Waals surface area contributed by atoms with Crippen LogP contribution in [0, 0.1) is 12.8 Å². The van der Waals surface area contributed by atoms with Crippen LogP contribution in [0.5, 0.6) is 0 Å². The molecule has 0 atom stereocenters. The highest BCUT2D eigenvalue weighted by atomic mass is 16.2. The quantitative estimate of drug-likeness (QED) is 0.585. The average molecular weight is 436 g/mol. The van der Waals surface area contributed by atoms with E-state index in [1.807, 2.05) is 30.5 Å². The highest BCUT2D eigenvalue weighted by Gasteiger charge is 2.21. The van der Waals surface area contributed by atoms with Crippen LogP contribution in [0.15, 0.2) is 35.3 Å². The maximum absolute atomic E-state index is 12.7. The second-order valence-corrected chi connectivity index (χ2v) is 8.65. The molecular weight excluding hydrogens is 406 g/mol. The fourth-order valence-corrected chi connectivity index (χ4v) is 3.89. The molecule has 0 unspecified atom stereocenters. The van der Waals surface area contributed by atoms with Crippen LogP contribution < -0.4 is 16.2 Å². The summed E-state index contributed by atoms with van der Waals surface area (Å²) in [7, 11) is 0. The summed E-state index contributed by atoms with van der Waals surface area (Å²) >= 11 is 0. The van der Waals surface area contributed by atoms with E-state index in [2.05, 4.69) is 27.5 Å². The Balaban J connectivity index is 0.000000433. The molecule has 0 aromatic carbocycles. The van der Waals surface area contributed by atoms with Gasteiger partial charge in [0.2, 0.25) is 11.8 Å². The van der Waals surface area contributed by atoms with E-state index < -0.39 is 0 Å². The van der Waals surface area contributed by atoms with Crippen LogP contribution in [0.1, 0.15) is 49.6 Å². The van der Waals surface area contributed by atoms with Gasteiger partial charge in [-0.05, 0) is 49.1 Å². The Kier molecular flexibility index (Phi) is 6.39. The summed E-state index contributed by atoms with van der Waals surface area (Å²) in [5.41, 5.74) is 3.94. The summed E-state index contributed by atoms with van der Waals surface area (Å²) in [5, 5.41) is 5.41. The predicted octanol–water partition coefficient (Wildman–Crippen LogP) is 3.04. The minimum absolute atomic E-state index is 0.111. The van der Waals surface area contributed by atoms with Crippen LogP contribution in [0.3, 0.4) is 0 Å². The number of hydrogen-bond donors (Lipinski definition) is 3. The molecule has 32 heavy (non-hydrogen) atoms. The third kappa shape index (κ3) is 4.90. The number of fused-ring (bicyclic) bond motifs is 2. The van der Waals surface area contributed by atoms with Crippen LogP contribution in [-0.2, 0) is 29.1 Å². The number of aromatic amines is 1. The van der Waals surface area contributed by atoms with E-state index >= 15 is 0 Å². The summed E-state index contributed by atoms with van der Waals surface area (Å²) in [6.07, 6.45) is 7.18. The van der Waals surface area contributed by atoms with Crippen molar-refractivity contribution in [2.24, 2.45) is 5.92 Å².